The van der Waals surface area contributed by atoms with Crippen LogP contribution in [0.5, 0.6) is 0 Å². The van der Waals surface area contributed by atoms with E-state index < -0.39 is 0 Å². The van der Waals surface area contributed by atoms with E-state index >= 15 is 0 Å². The normalized spacial score (nSPS) is 18.5. The van der Waals surface area contributed by atoms with Gasteiger partial charge >= 0.3 is 0 Å². The Kier molecular flexibility index (Phi) is 4.39. The van der Waals surface area contributed by atoms with Crippen LogP contribution in [-0.2, 0) is 17.9 Å². The highest BCUT2D eigenvalue weighted by Crippen LogP contribution is 2.20. The first kappa shape index (κ1) is 13.4. The summed E-state index contributed by atoms with van der Waals surface area (Å²) in [6, 6.07) is 7.56. The molecule has 1 aliphatic heterocycles. The quantitative estimate of drug-likeness (QED) is 0.497. The van der Waals surface area contributed by atoms with E-state index in [1.54, 1.807) is 4.90 Å². The third kappa shape index (κ3) is 3.47. The van der Waals surface area contributed by atoms with E-state index in [2.05, 4.69) is 10.0 Å². The van der Waals surface area contributed by atoms with Gasteiger partial charge in [0.05, 0.1) is 6.61 Å². The fraction of sp³-hybridized carbons (Fsp3) is 0.462. The predicted molar refractivity (Wildman–Crippen MR) is 69.9 cm³/mol. The Morgan fingerprint density at radius 1 is 1.47 bits per heavy atom. The van der Waals surface area contributed by atoms with E-state index in [1.807, 2.05) is 24.3 Å². The zero-order chi connectivity index (χ0) is 13.7. The van der Waals surface area contributed by atoms with Crippen molar-refractivity contribution in [2.24, 2.45) is 11.0 Å². The Bertz CT molecular complexity index is 511. The Hall–Kier alpha value is -2.04. The molecule has 0 aromatic heterocycles. The van der Waals surface area contributed by atoms with Gasteiger partial charge in [0.2, 0.25) is 5.91 Å². The average Bonchev–Trinajstić information content (AvgIpc) is 2.77. The lowest BCUT2D eigenvalue weighted by Crippen LogP contribution is -2.24. The summed E-state index contributed by atoms with van der Waals surface area (Å²) in [5.41, 5.74) is 10.1. The Balaban J connectivity index is 1.99. The van der Waals surface area contributed by atoms with Crippen molar-refractivity contribution >= 4 is 5.91 Å². The zero-order valence-corrected chi connectivity index (χ0v) is 10.6. The van der Waals surface area contributed by atoms with Crippen LogP contribution < -0.4 is 0 Å². The molecule has 1 aromatic carbocycles. The van der Waals surface area contributed by atoms with Crippen LogP contribution in [0, 0.1) is 5.92 Å². The summed E-state index contributed by atoms with van der Waals surface area (Å²) in [5.74, 6) is 0.206. The van der Waals surface area contributed by atoms with Gasteiger partial charge in [0.1, 0.15) is 0 Å². The molecular formula is C13H16N4O2. The lowest BCUT2D eigenvalue weighted by atomic mass is 10.1. The molecule has 2 rings (SSSR count). The number of likely N-dealkylation sites (tertiary alicyclic amines) is 1. The van der Waals surface area contributed by atoms with Crippen LogP contribution in [0.2, 0.25) is 0 Å². The number of hydrogen-bond acceptors (Lipinski definition) is 3. The van der Waals surface area contributed by atoms with E-state index in [0.717, 1.165) is 11.1 Å². The highest BCUT2D eigenvalue weighted by atomic mass is 16.3. The molecule has 0 aliphatic carbocycles. The maximum absolute atomic E-state index is 11.8. The van der Waals surface area contributed by atoms with Gasteiger partial charge in [0, 0.05) is 31.0 Å². The summed E-state index contributed by atoms with van der Waals surface area (Å²) < 4.78 is 0. The van der Waals surface area contributed by atoms with Crippen molar-refractivity contribution in [1.29, 1.82) is 0 Å². The van der Waals surface area contributed by atoms with Crippen LogP contribution in [0.15, 0.2) is 29.4 Å². The molecule has 6 heteroatoms. The number of carbonyl (C=O) groups excluding carboxylic acids is 1. The molecule has 1 fully saturated rings. The van der Waals surface area contributed by atoms with Crippen molar-refractivity contribution in [2.45, 2.75) is 19.6 Å². The number of azide groups is 1. The minimum atomic E-state index is 0.00129. The average molecular weight is 260 g/mol. The fourth-order valence-electron chi connectivity index (χ4n) is 2.33. The molecule has 0 bridgehead atoms. The summed E-state index contributed by atoms with van der Waals surface area (Å²) in [7, 11) is 0. The van der Waals surface area contributed by atoms with Crippen LogP contribution in [0.25, 0.3) is 10.4 Å². The molecule has 1 aromatic rings. The molecule has 1 saturated heterocycles. The molecule has 1 heterocycles. The van der Waals surface area contributed by atoms with Gasteiger partial charge in [-0.25, -0.2) is 0 Å². The van der Waals surface area contributed by atoms with E-state index in [-0.39, 0.29) is 18.4 Å². The summed E-state index contributed by atoms with van der Waals surface area (Å²) in [4.78, 5) is 16.3. The van der Waals surface area contributed by atoms with Crippen LogP contribution >= 0.6 is 0 Å². The first-order valence-electron chi connectivity index (χ1n) is 6.20. The first-order chi connectivity index (χ1) is 9.22. The number of aliphatic hydroxyl groups excluding tert-OH is 1. The van der Waals surface area contributed by atoms with Crippen molar-refractivity contribution in [1.82, 2.24) is 4.90 Å². The number of hydrogen-bond donors (Lipinski definition) is 1. The molecular weight excluding hydrogens is 244 g/mol. The Labute approximate surface area is 111 Å². The van der Waals surface area contributed by atoms with Gasteiger partial charge in [-0.2, -0.15) is 0 Å². The molecule has 1 amide bonds. The van der Waals surface area contributed by atoms with Crippen molar-refractivity contribution in [2.75, 3.05) is 13.1 Å². The summed E-state index contributed by atoms with van der Waals surface area (Å²) in [6.07, 6.45) is 0.443. The number of nitrogens with zero attached hydrogens (tertiary/aromatic N) is 4. The van der Waals surface area contributed by atoms with Gasteiger partial charge in [0.25, 0.3) is 0 Å². The van der Waals surface area contributed by atoms with Crippen LogP contribution in [-0.4, -0.2) is 29.0 Å². The van der Waals surface area contributed by atoms with E-state index in [4.69, 9.17) is 10.6 Å². The largest absolute Gasteiger partial charge is 0.392 e. The lowest BCUT2D eigenvalue weighted by Gasteiger charge is -2.16. The summed E-state index contributed by atoms with van der Waals surface area (Å²) in [5, 5.41) is 12.6. The molecule has 100 valence electrons. The van der Waals surface area contributed by atoms with Gasteiger partial charge in [-0.15, -0.1) is 0 Å². The molecule has 6 nitrogen and oxygen atoms in total. The minimum Gasteiger partial charge on any atom is -0.392 e. The highest BCUT2D eigenvalue weighted by molar-refractivity contribution is 5.78. The first-order valence-corrected chi connectivity index (χ1v) is 6.20. The molecule has 0 spiro atoms. The van der Waals surface area contributed by atoms with Gasteiger partial charge in [-0.3, -0.25) is 4.79 Å². The summed E-state index contributed by atoms with van der Waals surface area (Å²) >= 11 is 0. The lowest BCUT2D eigenvalue weighted by molar-refractivity contribution is -0.128. The molecule has 1 unspecified atom stereocenters. The number of rotatable bonds is 5. The number of amides is 1. The van der Waals surface area contributed by atoms with Gasteiger partial charge in [-0.1, -0.05) is 29.4 Å². The maximum Gasteiger partial charge on any atom is 0.223 e. The molecule has 1 N–H and O–H groups in total. The Morgan fingerprint density at radius 2 is 2.26 bits per heavy atom. The molecule has 0 radical (unpaired) electrons. The maximum atomic E-state index is 11.8. The summed E-state index contributed by atoms with van der Waals surface area (Å²) in [6.45, 7) is 1.54. The van der Waals surface area contributed by atoms with Crippen molar-refractivity contribution < 1.29 is 9.90 Å². The van der Waals surface area contributed by atoms with Gasteiger partial charge in [-0.05, 0) is 22.6 Å². The smallest absolute Gasteiger partial charge is 0.223 e. The van der Waals surface area contributed by atoms with Gasteiger partial charge in [0.15, 0.2) is 0 Å². The van der Waals surface area contributed by atoms with Crippen LogP contribution in [0.4, 0.5) is 0 Å². The predicted octanol–water partition coefficient (Wildman–Crippen LogP) is 1.84. The second-order valence-corrected chi connectivity index (χ2v) is 4.74. The van der Waals surface area contributed by atoms with Crippen molar-refractivity contribution in [3.05, 3.63) is 45.8 Å². The molecule has 1 atom stereocenters. The third-order valence-corrected chi connectivity index (χ3v) is 3.25. The van der Waals surface area contributed by atoms with Crippen LogP contribution in [0.3, 0.4) is 0 Å². The monoisotopic (exact) mass is 260 g/mol. The second-order valence-electron chi connectivity index (χ2n) is 4.74. The molecule has 1 aliphatic rings. The topological polar surface area (TPSA) is 89.3 Å². The van der Waals surface area contributed by atoms with E-state index in [1.165, 1.54) is 0 Å². The number of benzene rings is 1. The van der Waals surface area contributed by atoms with E-state index in [9.17, 15) is 4.79 Å². The number of aliphatic hydroxyl groups is 1. The minimum absolute atomic E-state index is 0.00129. The SMILES string of the molecule is [N-]=[N+]=NCC1CC(=O)N(Cc2cccc(CO)c2)C1. The third-order valence-electron chi connectivity index (χ3n) is 3.25. The fourth-order valence-corrected chi connectivity index (χ4v) is 2.33. The number of carbonyl (C=O) groups is 1. The van der Waals surface area contributed by atoms with Gasteiger partial charge < -0.3 is 10.0 Å². The van der Waals surface area contributed by atoms with Crippen molar-refractivity contribution in [3.63, 3.8) is 0 Å². The highest BCUT2D eigenvalue weighted by Gasteiger charge is 2.28. The van der Waals surface area contributed by atoms with Crippen LogP contribution in [0.1, 0.15) is 17.5 Å². The van der Waals surface area contributed by atoms with E-state index in [0.29, 0.717) is 26.1 Å². The Morgan fingerprint density at radius 3 is 3.00 bits per heavy atom. The molecule has 19 heavy (non-hydrogen) atoms. The second kappa shape index (κ2) is 6.22. The van der Waals surface area contributed by atoms with Crippen molar-refractivity contribution in [3.8, 4) is 0 Å². The zero-order valence-electron chi connectivity index (χ0n) is 10.6. The standard InChI is InChI=1S/C13H16N4O2/c14-16-15-6-12-5-13(19)17(8-12)7-10-2-1-3-11(4-10)9-18/h1-4,12,18H,5-9H2. The molecule has 0 saturated carbocycles.